The number of fused-ring (bicyclic) bond motifs is 1. The van der Waals surface area contributed by atoms with Crippen LogP contribution in [0.5, 0.6) is 0 Å². The molecule has 6 heteroatoms. The van der Waals surface area contributed by atoms with Crippen LogP contribution in [-0.4, -0.2) is 35.0 Å². The van der Waals surface area contributed by atoms with Crippen molar-refractivity contribution in [2.24, 2.45) is 0 Å². The average Bonchev–Trinajstić information content (AvgIpc) is 2.48. The van der Waals surface area contributed by atoms with Crippen LogP contribution in [0.25, 0.3) is 0 Å². The molecular weight excluding hydrogens is 303 g/mol. The van der Waals surface area contributed by atoms with Gasteiger partial charge in [0.1, 0.15) is 11.6 Å². The summed E-state index contributed by atoms with van der Waals surface area (Å²) in [6.45, 7) is 4.38. The van der Waals surface area contributed by atoms with E-state index in [1.165, 1.54) is 12.1 Å². The second-order valence-electron chi connectivity index (χ2n) is 5.54. The Kier molecular flexibility index (Phi) is 4.27. The van der Waals surface area contributed by atoms with E-state index >= 15 is 0 Å². The van der Waals surface area contributed by atoms with E-state index in [9.17, 15) is 4.39 Å². The van der Waals surface area contributed by atoms with E-state index in [-0.39, 0.29) is 17.0 Å². The fraction of sp³-hybridized carbons (Fsp3) is 0.375. The van der Waals surface area contributed by atoms with E-state index in [0.717, 1.165) is 42.3 Å². The van der Waals surface area contributed by atoms with Gasteiger partial charge in [-0.1, -0.05) is 12.1 Å². The molecule has 0 aliphatic carbocycles. The van der Waals surface area contributed by atoms with E-state index in [2.05, 4.69) is 27.2 Å². The molecule has 1 atom stereocenters. The largest absolute Gasteiger partial charge is 0.370 e. The molecule has 4 nitrogen and oxygen atoms in total. The summed E-state index contributed by atoms with van der Waals surface area (Å²) in [7, 11) is 2.06. The highest BCUT2D eigenvalue weighted by atomic mass is 35.5. The predicted octanol–water partition coefficient (Wildman–Crippen LogP) is 3.28. The molecule has 0 amide bonds. The summed E-state index contributed by atoms with van der Waals surface area (Å²) in [5.74, 6) is 0.616. The summed E-state index contributed by atoms with van der Waals surface area (Å²) in [5, 5.41) is 3.50. The van der Waals surface area contributed by atoms with Gasteiger partial charge in [0.2, 0.25) is 5.28 Å². The van der Waals surface area contributed by atoms with E-state index in [1.54, 1.807) is 0 Å². The summed E-state index contributed by atoms with van der Waals surface area (Å²) in [4.78, 5) is 11.0. The van der Waals surface area contributed by atoms with Crippen LogP contribution in [0.4, 0.5) is 10.2 Å². The van der Waals surface area contributed by atoms with Crippen molar-refractivity contribution < 1.29 is 4.39 Å². The number of hydrogen-bond donors (Lipinski definition) is 1. The Hall–Kier alpha value is -1.72. The lowest BCUT2D eigenvalue weighted by Gasteiger charge is -2.32. The van der Waals surface area contributed by atoms with Gasteiger partial charge in [-0.3, -0.25) is 0 Å². The third-order valence-electron chi connectivity index (χ3n) is 3.88. The van der Waals surface area contributed by atoms with Crippen molar-refractivity contribution in [1.82, 2.24) is 14.9 Å². The first-order chi connectivity index (χ1) is 10.6. The van der Waals surface area contributed by atoms with Crippen molar-refractivity contribution >= 4 is 17.4 Å². The van der Waals surface area contributed by atoms with E-state index in [0.29, 0.717) is 0 Å². The first kappa shape index (κ1) is 15.2. The van der Waals surface area contributed by atoms with Crippen molar-refractivity contribution in [2.75, 3.05) is 25.5 Å². The molecule has 3 rings (SSSR count). The minimum atomic E-state index is -0.234. The van der Waals surface area contributed by atoms with Gasteiger partial charge in [0.05, 0.1) is 5.69 Å². The topological polar surface area (TPSA) is 41.1 Å². The smallest absolute Gasteiger partial charge is 0.224 e. The average molecular weight is 321 g/mol. The molecule has 0 saturated heterocycles. The highest BCUT2D eigenvalue weighted by molar-refractivity contribution is 6.28. The maximum Gasteiger partial charge on any atom is 0.224 e. The number of anilines is 1. The van der Waals surface area contributed by atoms with Crippen LogP contribution in [0.1, 0.15) is 29.7 Å². The third-order valence-corrected chi connectivity index (χ3v) is 4.05. The SMILES string of the molecule is CCNc1nc(Cl)nc2c1CN(C)CC2c1ccc(F)cc1. The summed E-state index contributed by atoms with van der Waals surface area (Å²) in [6.07, 6.45) is 0. The quantitative estimate of drug-likeness (QED) is 0.881. The molecule has 22 heavy (non-hydrogen) atoms. The van der Waals surface area contributed by atoms with Gasteiger partial charge in [0, 0.05) is 31.1 Å². The first-order valence-electron chi connectivity index (χ1n) is 7.32. The Morgan fingerprint density at radius 2 is 2.05 bits per heavy atom. The molecule has 1 aliphatic rings. The van der Waals surface area contributed by atoms with Gasteiger partial charge in [-0.25, -0.2) is 14.4 Å². The Balaban J connectivity index is 2.10. The zero-order chi connectivity index (χ0) is 15.7. The van der Waals surface area contributed by atoms with E-state index < -0.39 is 0 Å². The molecule has 1 unspecified atom stereocenters. The van der Waals surface area contributed by atoms with Crippen molar-refractivity contribution in [1.29, 1.82) is 0 Å². The highest BCUT2D eigenvalue weighted by Gasteiger charge is 2.29. The molecule has 0 spiro atoms. The minimum absolute atomic E-state index is 0.0623. The molecule has 0 fully saturated rings. The van der Waals surface area contributed by atoms with E-state index in [4.69, 9.17) is 11.6 Å². The van der Waals surface area contributed by atoms with Crippen LogP contribution in [0.3, 0.4) is 0 Å². The minimum Gasteiger partial charge on any atom is -0.370 e. The molecule has 0 bridgehead atoms. The fourth-order valence-corrected chi connectivity index (χ4v) is 3.10. The maximum atomic E-state index is 13.2. The van der Waals surface area contributed by atoms with Crippen LogP contribution in [0, 0.1) is 5.82 Å². The zero-order valence-electron chi connectivity index (χ0n) is 12.6. The number of nitrogens with zero attached hydrogens (tertiary/aromatic N) is 3. The maximum absolute atomic E-state index is 13.2. The van der Waals surface area contributed by atoms with Crippen LogP contribution in [0.2, 0.25) is 5.28 Å². The van der Waals surface area contributed by atoms with Crippen molar-refractivity contribution in [3.8, 4) is 0 Å². The molecule has 1 aromatic carbocycles. The Morgan fingerprint density at radius 3 is 2.73 bits per heavy atom. The highest BCUT2D eigenvalue weighted by Crippen LogP contribution is 2.35. The molecule has 0 saturated carbocycles. The van der Waals surface area contributed by atoms with Gasteiger partial charge in [-0.15, -0.1) is 0 Å². The number of rotatable bonds is 3. The molecule has 1 aliphatic heterocycles. The van der Waals surface area contributed by atoms with Crippen molar-refractivity contribution in [3.05, 3.63) is 52.2 Å². The second-order valence-corrected chi connectivity index (χ2v) is 5.87. The van der Waals surface area contributed by atoms with E-state index in [1.807, 2.05) is 19.1 Å². The number of halogens is 2. The van der Waals surface area contributed by atoms with Gasteiger partial charge in [-0.05, 0) is 43.3 Å². The number of benzene rings is 1. The monoisotopic (exact) mass is 320 g/mol. The molecule has 0 radical (unpaired) electrons. The van der Waals surface area contributed by atoms with Gasteiger partial charge in [-0.2, -0.15) is 0 Å². The molecular formula is C16H18ClFN4. The number of likely N-dealkylation sites (N-methyl/N-ethyl adjacent to an activating group) is 1. The molecule has 2 heterocycles. The number of nitrogens with one attached hydrogen (secondary N) is 1. The van der Waals surface area contributed by atoms with Crippen LogP contribution in [0.15, 0.2) is 24.3 Å². The molecule has 2 aromatic rings. The van der Waals surface area contributed by atoms with Gasteiger partial charge >= 0.3 is 0 Å². The van der Waals surface area contributed by atoms with Crippen molar-refractivity contribution in [3.63, 3.8) is 0 Å². The summed E-state index contributed by atoms with van der Waals surface area (Å²) in [6, 6.07) is 6.59. The molecule has 116 valence electrons. The lowest BCUT2D eigenvalue weighted by Crippen LogP contribution is -2.33. The summed E-state index contributed by atoms with van der Waals surface area (Å²) < 4.78 is 13.2. The zero-order valence-corrected chi connectivity index (χ0v) is 13.4. The van der Waals surface area contributed by atoms with Crippen molar-refractivity contribution in [2.45, 2.75) is 19.4 Å². The normalized spacial score (nSPS) is 18.1. The van der Waals surface area contributed by atoms with Crippen LogP contribution >= 0.6 is 11.6 Å². The Morgan fingerprint density at radius 1 is 1.32 bits per heavy atom. The lowest BCUT2D eigenvalue weighted by molar-refractivity contribution is 0.291. The second kappa shape index (κ2) is 6.18. The van der Waals surface area contributed by atoms with Crippen LogP contribution < -0.4 is 5.32 Å². The van der Waals surface area contributed by atoms with Gasteiger partial charge in [0.15, 0.2) is 0 Å². The van der Waals surface area contributed by atoms with Gasteiger partial charge in [0.25, 0.3) is 0 Å². The fourth-order valence-electron chi connectivity index (χ4n) is 2.92. The summed E-state index contributed by atoms with van der Waals surface area (Å²) >= 11 is 6.10. The summed E-state index contributed by atoms with van der Waals surface area (Å²) in [5.41, 5.74) is 3.03. The van der Waals surface area contributed by atoms with Gasteiger partial charge < -0.3 is 10.2 Å². The molecule has 1 N–H and O–H groups in total. The lowest BCUT2D eigenvalue weighted by atomic mass is 9.89. The first-order valence-corrected chi connectivity index (χ1v) is 7.70. The Bertz CT molecular complexity index is 675. The number of aromatic nitrogens is 2. The van der Waals surface area contributed by atoms with Crippen LogP contribution in [-0.2, 0) is 6.54 Å². The molecule has 1 aromatic heterocycles. The predicted molar refractivity (Wildman–Crippen MR) is 85.8 cm³/mol. The third kappa shape index (κ3) is 2.91. The standard InChI is InChI=1S/C16H18ClFN4/c1-3-19-15-13-9-22(2)8-12(14(13)20-16(17)21-15)10-4-6-11(18)7-5-10/h4-7,12H,3,8-9H2,1-2H3,(H,19,20,21). The number of hydrogen-bond acceptors (Lipinski definition) is 4. The Labute approximate surface area is 134 Å².